The van der Waals surface area contributed by atoms with Gasteiger partial charge in [-0.2, -0.15) is 0 Å². The second kappa shape index (κ2) is 8.22. The highest BCUT2D eigenvalue weighted by Crippen LogP contribution is 2.32. The minimum absolute atomic E-state index is 0.193. The molecule has 4 rings (SSSR count). The molecule has 0 saturated heterocycles. The molecule has 0 aliphatic heterocycles. The number of amides is 1. The first-order valence-corrected chi connectivity index (χ1v) is 10.0. The van der Waals surface area contributed by atoms with Gasteiger partial charge in [0.15, 0.2) is 0 Å². The Bertz CT molecular complexity index is 1280. The van der Waals surface area contributed by atoms with Crippen LogP contribution in [0.4, 0.5) is 26.1 Å². The van der Waals surface area contributed by atoms with Crippen LogP contribution in [0.1, 0.15) is 10.4 Å². The molecule has 1 amide bonds. The summed E-state index contributed by atoms with van der Waals surface area (Å²) in [5, 5.41) is 6.19. The molecule has 3 aromatic carbocycles. The van der Waals surface area contributed by atoms with Crippen molar-refractivity contribution in [1.29, 1.82) is 0 Å². The van der Waals surface area contributed by atoms with Gasteiger partial charge < -0.3 is 15.6 Å². The van der Waals surface area contributed by atoms with Gasteiger partial charge in [0.25, 0.3) is 5.91 Å². The number of fused-ring (bicyclic) bond motifs is 1. The number of carbonyl (C=O) groups excluding carboxylic acids is 1. The molecule has 0 atom stereocenters. The van der Waals surface area contributed by atoms with E-state index in [1.54, 1.807) is 18.2 Å². The Kier molecular flexibility index (Phi) is 5.64. The molecule has 0 bridgehead atoms. The number of para-hydroxylation sites is 1. The molecule has 0 radical (unpaired) electrons. The van der Waals surface area contributed by atoms with Crippen LogP contribution in [0.15, 0.2) is 53.0 Å². The Morgan fingerprint density at radius 3 is 2.47 bits per heavy atom. The third-order valence-electron chi connectivity index (χ3n) is 4.20. The molecule has 0 fully saturated rings. The number of aromatic nitrogens is 2. The van der Waals surface area contributed by atoms with E-state index in [2.05, 4.69) is 36.5 Å². The number of nitrogens with zero attached hydrogens (tertiary/aromatic N) is 1. The maximum atomic E-state index is 14.5. The number of carbonyl (C=O) groups is 1. The predicted octanol–water partition coefficient (Wildman–Crippen LogP) is 6.91. The summed E-state index contributed by atoms with van der Waals surface area (Å²) in [5.74, 6) is -1.77. The van der Waals surface area contributed by atoms with Gasteiger partial charge in [0.2, 0.25) is 5.95 Å². The van der Waals surface area contributed by atoms with Crippen molar-refractivity contribution in [3.63, 3.8) is 0 Å². The molecular formula is C20H11BrCl2F2N4O. The van der Waals surface area contributed by atoms with E-state index < -0.39 is 17.5 Å². The van der Waals surface area contributed by atoms with Crippen molar-refractivity contribution < 1.29 is 13.6 Å². The van der Waals surface area contributed by atoms with E-state index in [9.17, 15) is 13.6 Å². The van der Waals surface area contributed by atoms with Crippen molar-refractivity contribution in [2.24, 2.45) is 0 Å². The van der Waals surface area contributed by atoms with Gasteiger partial charge in [-0.25, -0.2) is 13.8 Å². The second-order valence-corrected chi connectivity index (χ2v) is 7.91. The van der Waals surface area contributed by atoms with Crippen molar-refractivity contribution >= 4 is 73.4 Å². The highest BCUT2D eigenvalue weighted by Gasteiger charge is 2.17. The van der Waals surface area contributed by atoms with E-state index in [0.29, 0.717) is 26.8 Å². The predicted molar refractivity (Wildman–Crippen MR) is 118 cm³/mol. The maximum absolute atomic E-state index is 14.5. The molecule has 0 aliphatic carbocycles. The summed E-state index contributed by atoms with van der Waals surface area (Å²) < 4.78 is 28.4. The minimum Gasteiger partial charge on any atom is -0.324 e. The van der Waals surface area contributed by atoms with E-state index in [1.807, 2.05) is 0 Å². The summed E-state index contributed by atoms with van der Waals surface area (Å²) >= 11 is 15.3. The molecule has 0 spiro atoms. The van der Waals surface area contributed by atoms with E-state index in [1.165, 1.54) is 18.2 Å². The van der Waals surface area contributed by atoms with Gasteiger partial charge in [0.1, 0.15) is 11.6 Å². The number of nitrogens with one attached hydrogen (secondary N) is 3. The standard InChI is InChI=1S/C20H11BrCl2F2N4O/c21-11-5-4-9(6-15(11)25)26-19(30)10-7-16-17(8-14(10)24)28-20(27-16)29-18-12(22)2-1-3-13(18)23/h1-8H,(H,26,30)(H2,27,28,29). The van der Waals surface area contributed by atoms with Crippen LogP contribution >= 0.6 is 39.1 Å². The lowest BCUT2D eigenvalue weighted by atomic mass is 10.1. The largest absolute Gasteiger partial charge is 0.324 e. The Balaban J connectivity index is 1.63. The van der Waals surface area contributed by atoms with Crippen LogP contribution in [-0.4, -0.2) is 15.9 Å². The number of halogens is 5. The third-order valence-corrected chi connectivity index (χ3v) is 5.47. The van der Waals surface area contributed by atoms with Crippen LogP contribution in [0.5, 0.6) is 0 Å². The van der Waals surface area contributed by atoms with Crippen LogP contribution in [0.25, 0.3) is 11.0 Å². The number of hydrogen-bond donors (Lipinski definition) is 3. The molecule has 3 N–H and O–H groups in total. The topological polar surface area (TPSA) is 69.8 Å². The quantitative estimate of drug-likeness (QED) is 0.279. The van der Waals surface area contributed by atoms with Gasteiger partial charge in [-0.05, 0) is 52.3 Å². The lowest BCUT2D eigenvalue weighted by Crippen LogP contribution is -2.14. The van der Waals surface area contributed by atoms with Crippen molar-refractivity contribution in [2.75, 3.05) is 10.6 Å². The van der Waals surface area contributed by atoms with Crippen LogP contribution in [0, 0.1) is 11.6 Å². The number of benzene rings is 3. The minimum atomic E-state index is -0.761. The molecule has 0 unspecified atom stereocenters. The molecule has 152 valence electrons. The first kappa shape index (κ1) is 20.6. The summed E-state index contributed by atoms with van der Waals surface area (Å²) in [5.41, 5.74) is 1.10. The molecule has 1 heterocycles. The van der Waals surface area contributed by atoms with E-state index >= 15 is 0 Å². The van der Waals surface area contributed by atoms with Gasteiger partial charge >= 0.3 is 0 Å². The lowest BCUT2D eigenvalue weighted by molar-refractivity contribution is 0.102. The summed E-state index contributed by atoms with van der Waals surface area (Å²) in [7, 11) is 0. The Labute approximate surface area is 187 Å². The molecule has 1 aromatic heterocycles. The maximum Gasteiger partial charge on any atom is 0.258 e. The third kappa shape index (κ3) is 4.12. The first-order chi connectivity index (χ1) is 14.3. The Hall–Kier alpha value is -2.68. The molecular weight excluding hydrogens is 501 g/mol. The molecule has 4 aromatic rings. The average Bonchev–Trinajstić information content (AvgIpc) is 3.08. The number of aromatic amines is 1. The number of rotatable bonds is 4. The number of anilines is 3. The first-order valence-electron chi connectivity index (χ1n) is 8.48. The zero-order chi connectivity index (χ0) is 21.4. The fourth-order valence-corrected chi connectivity index (χ4v) is 3.51. The smallest absolute Gasteiger partial charge is 0.258 e. The second-order valence-electron chi connectivity index (χ2n) is 6.24. The average molecular weight is 512 g/mol. The highest BCUT2D eigenvalue weighted by atomic mass is 79.9. The Morgan fingerprint density at radius 1 is 1.03 bits per heavy atom. The SMILES string of the molecule is O=C(Nc1ccc(Br)c(F)c1)c1cc2nc(Nc3c(Cl)cccc3Cl)[nH]c2cc1F. The van der Waals surface area contributed by atoms with Crippen LogP contribution in [0.2, 0.25) is 10.0 Å². The van der Waals surface area contributed by atoms with Gasteiger partial charge in [-0.15, -0.1) is 0 Å². The molecule has 0 aliphatic rings. The zero-order valence-corrected chi connectivity index (χ0v) is 18.0. The van der Waals surface area contributed by atoms with Crippen molar-refractivity contribution in [3.8, 4) is 0 Å². The summed E-state index contributed by atoms with van der Waals surface area (Å²) in [6.45, 7) is 0. The number of H-pyrrole nitrogens is 1. The molecule has 0 saturated carbocycles. The van der Waals surface area contributed by atoms with Gasteiger partial charge in [0, 0.05) is 11.8 Å². The fraction of sp³-hybridized carbons (Fsp3) is 0. The zero-order valence-electron chi connectivity index (χ0n) is 14.9. The number of hydrogen-bond acceptors (Lipinski definition) is 3. The molecule has 30 heavy (non-hydrogen) atoms. The van der Waals surface area contributed by atoms with Gasteiger partial charge in [0.05, 0.1) is 36.8 Å². The molecule has 5 nitrogen and oxygen atoms in total. The van der Waals surface area contributed by atoms with E-state index in [0.717, 1.165) is 12.1 Å². The number of imidazole rings is 1. The summed E-state index contributed by atoms with van der Waals surface area (Å²) in [6, 6.07) is 11.5. The van der Waals surface area contributed by atoms with E-state index in [4.69, 9.17) is 23.2 Å². The Morgan fingerprint density at radius 2 is 1.77 bits per heavy atom. The van der Waals surface area contributed by atoms with Gasteiger partial charge in [-0.1, -0.05) is 29.3 Å². The van der Waals surface area contributed by atoms with Crippen LogP contribution < -0.4 is 10.6 Å². The fourth-order valence-electron chi connectivity index (χ4n) is 2.77. The summed E-state index contributed by atoms with van der Waals surface area (Å²) in [6.07, 6.45) is 0. The highest BCUT2D eigenvalue weighted by molar-refractivity contribution is 9.10. The summed E-state index contributed by atoms with van der Waals surface area (Å²) in [4.78, 5) is 19.7. The van der Waals surface area contributed by atoms with Crippen LogP contribution in [0.3, 0.4) is 0 Å². The van der Waals surface area contributed by atoms with Crippen LogP contribution in [-0.2, 0) is 0 Å². The monoisotopic (exact) mass is 510 g/mol. The van der Waals surface area contributed by atoms with Crippen molar-refractivity contribution in [3.05, 3.63) is 80.2 Å². The lowest BCUT2D eigenvalue weighted by Gasteiger charge is -2.07. The van der Waals surface area contributed by atoms with E-state index in [-0.39, 0.29) is 21.7 Å². The van der Waals surface area contributed by atoms with Gasteiger partial charge in [-0.3, -0.25) is 4.79 Å². The normalized spacial score (nSPS) is 11.0. The van der Waals surface area contributed by atoms with Crippen molar-refractivity contribution in [1.82, 2.24) is 9.97 Å². The molecule has 10 heteroatoms. The van der Waals surface area contributed by atoms with Crippen molar-refractivity contribution in [2.45, 2.75) is 0 Å².